The molecule has 0 aliphatic carbocycles. The fourth-order valence-electron chi connectivity index (χ4n) is 2.35. The topological polar surface area (TPSA) is 63.6 Å². The van der Waals surface area contributed by atoms with E-state index in [0.717, 1.165) is 11.1 Å². The summed E-state index contributed by atoms with van der Waals surface area (Å²) in [6.07, 6.45) is 0. The molecule has 1 rings (SSSR count). The van der Waals surface area contributed by atoms with Gasteiger partial charge in [0.25, 0.3) is 10.1 Å². The Bertz CT molecular complexity index is 603. The van der Waals surface area contributed by atoms with Crippen LogP contribution in [0.2, 0.25) is 0 Å². The number of phenolic OH excluding ortho intramolecular Hbond substituents is 1. The first-order chi connectivity index (χ1) is 9.78. The molecule has 0 spiro atoms. The summed E-state index contributed by atoms with van der Waals surface area (Å²) >= 11 is 0. The Morgan fingerprint density at radius 2 is 1.39 bits per heavy atom. The average molecular weight is 371 g/mol. The maximum atomic E-state index is 11.9. The molecular formula is C17H30CaO4S. The van der Waals surface area contributed by atoms with E-state index < -0.39 is 10.1 Å². The average Bonchev–Trinajstić information content (AvgIpc) is 2.27. The van der Waals surface area contributed by atoms with Crippen LogP contribution in [0.4, 0.5) is 0 Å². The Morgan fingerprint density at radius 1 is 1.00 bits per heavy atom. The van der Waals surface area contributed by atoms with Crippen LogP contribution >= 0.6 is 0 Å². The summed E-state index contributed by atoms with van der Waals surface area (Å²) in [4.78, 5) is 0. The maximum absolute atomic E-state index is 11.9. The van der Waals surface area contributed by atoms with Crippen LogP contribution in [0.25, 0.3) is 0 Å². The van der Waals surface area contributed by atoms with Gasteiger partial charge in [0, 0.05) is 0 Å². The Hall–Kier alpha value is 0.190. The standard InChI is InChI=1S/C17H28O4S.Ca.2H/c1-8-21-22(19,20)11-12-9-13(16(2,3)4)15(18)14(10-12)17(5,6)7;;;/h9-10,18H,8,11H2,1-7H3;;;. The van der Waals surface area contributed by atoms with Gasteiger partial charge < -0.3 is 5.11 Å². The summed E-state index contributed by atoms with van der Waals surface area (Å²) in [7, 11) is -3.60. The molecule has 1 aromatic carbocycles. The Morgan fingerprint density at radius 3 is 1.70 bits per heavy atom. The van der Waals surface area contributed by atoms with E-state index in [1.165, 1.54) is 0 Å². The van der Waals surface area contributed by atoms with E-state index in [2.05, 4.69) is 0 Å². The molecule has 0 bridgehead atoms. The van der Waals surface area contributed by atoms with Gasteiger partial charge in [0.05, 0.1) is 6.61 Å². The van der Waals surface area contributed by atoms with Crippen molar-refractivity contribution in [1.82, 2.24) is 0 Å². The van der Waals surface area contributed by atoms with Crippen molar-refractivity contribution < 1.29 is 17.7 Å². The van der Waals surface area contributed by atoms with Crippen molar-refractivity contribution in [2.24, 2.45) is 0 Å². The molecule has 1 N–H and O–H groups in total. The number of hydrogen-bond acceptors (Lipinski definition) is 4. The van der Waals surface area contributed by atoms with Crippen molar-refractivity contribution in [1.29, 1.82) is 0 Å². The van der Waals surface area contributed by atoms with Crippen LogP contribution in [0.5, 0.6) is 5.75 Å². The first-order valence-corrected chi connectivity index (χ1v) is 9.09. The van der Waals surface area contributed by atoms with Crippen molar-refractivity contribution in [3.8, 4) is 5.75 Å². The van der Waals surface area contributed by atoms with Gasteiger partial charge in [-0.25, -0.2) is 0 Å². The molecule has 0 aliphatic rings. The monoisotopic (exact) mass is 370 g/mol. The van der Waals surface area contributed by atoms with Crippen LogP contribution < -0.4 is 0 Å². The number of phenols is 1. The fourth-order valence-corrected chi connectivity index (χ4v) is 3.36. The molecular weight excluding hydrogens is 340 g/mol. The third-order valence-corrected chi connectivity index (χ3v) is 4.71. The van der Waals surface area contributed by atoms with Gasteiger partial charge in [-0.15, -0.1) is 0 Å². The van der Waals surface area contributed by atoms with Crippen LogP contribution in [0, 0.1) is 0 Å². The minimum atomic E-state index is -3.60. The molecule has 0 unspecified atom stereocenters. The van der Waals surface area contributed by atoms with E-state index in [1.54, 1.807) is 19.1 Å². The summed E-state index contributed by atoms with van der Waals surface area (Å²) in [6.45, 7) is 13.7. The summed E-state index contributed by atoms with van der Waals surface area (Å²) in [5.41, 5.74) is 1.58. The molecule has 0 aliphatic heterocycles. The molecule has 0 saturated heterocycles. The number of aromatic hydroxyl groups is 1. The number of benzene rings is 1. The van der Waals surface area contributed by atoms with E-state index in [-0.39, 0.29) is 66.7 Å². The Labute approximate surface area is 170 Å². The molecule has 4 nitrogen and oxygen atoms in total. The Kier molecular flexibility index (Phi) is 8.11. The van der Waals surface area contributed by atoms with Crippen LogP contribution in [-0.2, 0) is 30.9 Å². The normalized spacial score (nSPS) is 12.8. The van der Waals surface area contributed by atoms with Crippen molar-refractivity contribution in [3.05, 3.63) is 28.8 Å². The Balaban J connectivity index is 0.00000484. The van der Waals surface area contributed by atoms with Crippen LogP contribution in [0.15, 0.2) is 12.1 Å². The van der Waals surface area contributed by atoms with E-state index >= 15 is 0 Å². The summed E-state index contributed by atoms with van der Waals surface area (Å²) < 4.78 is 28.7. The van der Waals surface area contributed by atoms with Gasteiger partial charge in [0.15, 0.2) is 0 Å². The summed E-state index contributed by atoms with van der Waals surface area (Å²) in [5.74, 6) is 0.0605. The van der Waals surface area contributed by atoms with Gasteiger partial charge >= 0.3 is 37.7 Å². The van der Waals surface area contributed by atoms with Crippen molar-refractivity contribution >= 4 is 47.9 Å². The zero-order valence-electron chi connectivity index (χ0n) is 14.6. The quantitative estimate of drug-likeness (QED) is 0.654. The first-order valence-electron chi connectivity index (χ1n) is 7.52. The van der Waals surface area contributed by atoms with Gasteiger partial charge in [-0.2, -0.15) is 8.42 Å². The molecule has 0 heterocycles. The van der Waals surface area contributed by atoms with E-state index in [4.69, 9.17) is 4.18 Å². The van der Waals surface area contributed by atoms with Gasteiger partial charge in [-0.3, -0.25) is 4.18 Å². The second kappa shape index (κ2) is 8.05. The molecule has 130 valence electrons. The van der Waals surface area contributed by atoms with Gasteiger partial charge in [0.2, 0.25) is 0 Å². The minimum absolute atomic E-state index is 0. The van der Waals surface area contributed by atoms with E-state index in [0.29, 0.717) is 5.56 Å². The second-order valence-corrected chi connectivity index (χ2v) is 9.29. The molecule has 0 amide bonds. The van der Waals surface area contributed by atoms with Crippen LogP contribution in [0.3, 0.4) is 0 Å². The van der Waals surface area contributed by atoms with Gasteiger partial charge in [-0.05, 0) is 34.4 Å². The zero-order chi connectivity index (χ0) is 17.3. The van der Waals surface area contributed by atoms with Gasteiger partial charge in [0.1, 0.15) is 11.5 Å². The van der Waals surface area contributed by atoms with Crippen LogP contribution in [-0.4, -0.2) is 57.9 Å². The third kappa shape index (κ3) is 6.54. The zero-order valence-corrected chi connectivity index (χ0v) is 15.5. The second-order valence-electron chi connectivity index (χ2n) is 7.65. The predicted molar refractivity (Wildman–Crippen MR) is 98.3 cm³/mol. The molecule has 0 atom stereocenters. The number of hydrogen-bond donors (Lipinski definition) is 1. The molecule has 0 aromatic heterocycles. The molecule has 23 heavy (non-hydrogen) atoms. The molecule has 0 radical (unpaired) electrons. The first kappa shape index (κ1) is 23.2. The number of rotatable bonds is 4. The van der Waals surface area contributed by atoms with E-state index in [1.807, 2.05) is 41.5 Å². The third-order valence-electron chi connectivity index (χ3n) is 3.43. The van der Waals surface area contributed by atoms with Crippen molar-refractivity contribution in [2.45, 2.75) is 65.0 Å². The van der Waals surface area contributed by atoms with Crippen molar-refractivity contribution in [2.75, 3.05) is 6.61 Å². The molecule has 0 saturated carbocycles. The van der Waals surface area contributed by atoms with E-state index in [9.17, 15) is 13.5 Å². The molecule has 1 aromatic rings. The predicted octanol–water partition coefficient (Wildman–Crippen LogP) is 2.94. The summed E-state index contributed by atoms with van der Waals surface area (Å²) in [6, 6.07) is 3.53. The summed E-state index contributed by atoms with van der Waals surface area (Å²) in [5, 5.41) is 10.6. The van der Waals surface area contributed by atoms with Crippen LogP contribution in [0.1, 0.15) is 65.2 Å². The fraction of sp³-hybridized carbons (Fsp3) is 0.647. The van der Waals surface area contributed by atoms with Gasteiger partial charge in [-0.1, -0.05) is 53.7 Å². The molecule has 0 fully saturated rings. The SMILES string of the molecule is CCOS(=O)(=O)Cc1cc(C(C)(C)C)c(O)c(C(C)(C)C)c1.[CaH2]. The molecule has 6 heteroatoms. The van der Waals surface area contributed by atoms with Crippen molar-refractivity contribution in [3.63, 3.8) is 0 Å².